The molecule has 15 heteroatoms. The Balaban J connectivity index is 1.55. The number of carbonyl (C=O) groups excluding carboxylic acids is 2. The molecular weight excluding hydrogens is 761 g/mol. The van der Waals surface area contributed by atoms with Crippen molar-refractivity contribution in [2.45, 2.75) is 111 Å². The largest absolute Gasteiger partial charge is 0.633 e. The zero-order valence-corrected chi connectivity index (χ0v) is 35.6. The maximum atomic E-state index is 14.6. The van der Waals surface area contributed by atoms with Crippen LogP contribution in [-0.2, 0) is 14.3 Å². The number of methoxy groups -OCH3 is 1. The Morgan fingerprint density at radius 1 is 0.932 bits per heavy atom. The summed E-state index contributed by atoms with van der Waals surface area (Å²) < 4.78 is 17.5. The first kappa shape index (κ1) is 44.2. The number of anilines is 1. The number of fused-ring (bicyclic) bond motifs is 1. The number of hydrogen-bond acceptors (Lipinski definition) is 13. The number of nitrogens with zero attached hydrogens (tertiary/aromatic N) is 3. The predicted molar refractivity (Wildman–Crippen MR) is 220 cm³/mol. The van der Waals surface area contributed by atoms with E-state index in [1.807, 2.05) is 13.8 Å². The van der Waals surface area contributed by atoms with Gasteiger partial charge in [-0.2, -0.15) is 0 Å². The first-order valence-corrected chi connectivity index (χ1v) is 20.5. The van der Waals surface area contributed by atoms with Crippen molar-refractivity contribution in [3.8, 4) is 17.2 Å². The van der Waals surface area contributed by atoms with E-state index in [2.05, 4.69) is 5.32 Å². The lowest BCUT2D eigenvalue weighted by atomic mass is 9.78. The Kier molecular flexibility index (Phi) is 12.2. The Morgan fingerprint density at radius 3 is 2.17 bits per heavy atom. The first-order chi connectivity index (χ1) is 27.6. The number of phenols is 2. The van der Waals surface area contributed by atoms with Crippen LogP contribution in [0.2, 0.25) is 0 Å². The van der Waals surface area contributed by atoms with Crippen LogP contribution in [0.4, 0.5) is 5.69 Å². The number of rotatable bonds is 3. The number of nitrogens with one attached hydrogen (secondary N) is 1. The smallest absolute Gasteiger partial charge is 0.312 e. The van der Waals surface area contributed by atoms with E-state index in [0.29, 0.717) is 6.54 Å². The van der Waals surface area contributed by atoms with Gasteiger partial charge in [-0.15, -0.1) is 0 Å². The number of aliphatic hydroxyl groups is 3. The zero-order chi connectivity index (χ0) is 43.5. The van der Waals surface area contributed by atoms with E-state index >= 15 is 0 Å². The molecule has 4 heterocycles. The molecule has 6 rings (SSSR count). The van der Waals surface area contributed by atoms with Crippen LogP contribution >= 0.6 is 0 Å². The second kappa shape index (κ2) is 16.2. The molecular formula is C44H60N4O11. The van der Waals surface area contributed by atoms with Gasteiger partial charge in [0.25, 0.3) is 11.7 Å². The summed E-state index contributed by atoms with van der Waals surface area (Å²) >= 11 is 0. The fourth-order valence-corrected chi connectivity index (χ4v) is 9.05. The number of aromatic hydroxyl groups is 2. The van der Waals surface area contributed by atoms with Crippen LogP contribution < -0.4 is 20.8 Å². The van der Waals surface area contributed by atoms with E-state index in [1.54, 1.807) is 52.8 Å². The number of benzene rings is 2. The number of aliphatic hydroxyl groups excluding tert-OH is 3. The molecule has 0 saturated carbocycles. The average Bonchev–Trinajstić information content (AvgIpc) is 3.69. The number of Topliss-reactive ketones (excluding diaryl/α,β-unsaturated/α-hetero) is 1. The van der Waals surface area contributed by atoms with Crippen LogP contribution in [0.15, 0.2) is 46.1 Å². The number of phenolic OH excluding ortho intramolecular Hbond substituents is 2. The summed E-state index contributed by atoms with van der Waals surface area (Å²) in [6, 6.07) is 0. The highest BCUT2D eigenvalue weighted by Gasteiger charge is 2.50. The monoisotopic (exact) mass is 820 g/mol. The van der Waals surface area contributed by atoms with Crippen LogP contribution in [0.3, 0.4) is 0 Å². The molecule has 4 bridgehead atoms. The predicted octanol–water partition coefficient (Wildman–Crippen LogP) is 4.19. The Labute approximate surface area is 344 Å². The maximum absolute atomic E-state index is 14.6. The van der Waals surface area contributed by atoms with Gasteiger partial charge in [-0.05, 0) is 19.9 Å². The second-order valence-electron chi connectivity index (χ2n) is 17.8. The third-order valence-corrected chi connectivity index (χ3v) is 12.9. The highest BCUT2D eigenvalue weighted by Crippen LogP contribution is 2.50. The molecule has 0 aliphatic carbocycles. The average molecular weight is 821 g/mol. The fraction of sp³-hybridized carbons (Fsp3) is 0.591. The van der Waals surface area contributed by atoms with Gasteiger partial charge >= 0.3 is 5.79 Å². The molecule has 1 fully saturated rings. The third-order valence-electron chi connectivity index (χ3n) is 12.9. The number of hydrogen-bond donors (Lipinski definition) is 6. The Bertz CT molecular complexity index is 2230. The lowest BCUT2D eigenvalue weighted by molar-refractivity contribution is -0.889. The second-order valence-corrected chi connectivity index (χ2v) is 17.8. The van der Waals surface area contributed by atoms with Crippen LogP contribution in [-0.4, -0.2) is 104 Å². The van der Waals surface area contributed by atoms with Crippen LogP contribution in [0.5, 0.6) is 17.2 Å². The van der Waals surface area contributed by atoms with E-state index in [-0.39, 0.29) is 81.5 Å². The lowest BCUT2D eigenvalue weighted by Crippen LogP contribution is -2.54. The molecule has 1 amide bonds. The molecule has 1 saturated heterocycles. The summed E-state index contributed by atoms with van der Waals surface area (Å²) in [6.07, 6.45) is 4.20. The van der Waals surface area contributed by atoms with Crippen molar-refractivity contribution in [2.24, 2.45) is 39.6 Å². The minimum atomic E-state index is -1.97. The number of hydroxylamine groups is 3. The molecule has 2 aromatic carbocycles. The summed E-state index contributed by atoms with van der Waals surface area (Å²) in [4.78, 5) is 38.6. The van der Waals surface area contributed by atoms with Crippen LogP contribution in [0.1, 0.15) is 84.2 Å². The number of quaternary nitrogens is 1. The molecule has 59 heavy (non-hydrogen) atoms. The number of likely N-dealkylation sites (tertiary alicyclic amines) is 1. The summed E-state index contributed by atoms with van der Waals surface area (Å²) in [5, 5.41) is 74.4. The highest BCUT2D eigenvalue weighted by molar-refractivity contribution is 6.19. The fourth-order valence-electron chi connectivity index (χ4n) is 9.05. The number of ether oxygens (including phenoxy) is 3. The summed E-state index contributed by atoms with van der Waals surface area (Å²) in [5.74, 6) is -6.37. The van der Waals surface area contributed by atoms with Gasteiger partial charge in [-0.25, -0.2) is 0 Å². The number of carbonyl (C=O) groups is 2. The van der Waals surface area contributed by atoms with Gasteiger partial charge in [0.05, 0.1) is 66.6 Å². The first-order valence-electron chi connectivity index (χ1n) is 20.5. The summed E-state index contributed by atoms with van der Waals surface area (Å²) in [5.41, 5.74) is -0.916. The molecule has 4 aliphatic heterocycles. The molecule has 322 valence electrons. The zero-order valence-electron chi connectivity index (χ0n) is 35.6. The third kappa shape index (κ3) is 7.88. The SMILES string of the molecule is COC1/C=C/OC2(C)Oc3c(C)c(O)c4c(O)c(c5c(c4c3C2=O)=NC2(CC[N+]([O-])(CC(C)C)CC2)N=5)NC(=O)/C(C)=C\C=C\C(C)C(O)C(C)C(O)C(C)C(O)C1C. The molecule has 15 nitrogen and oxygen atoms in total. The van der Waals surface area contributed by atoms with Crippen molar-refractivity contribution in [3.63, 3.8) is 0 Å². The molecule has 6 N–H and O–H groups in total. The molecule has 9 atom stereocenters. The minimum absolute atomic E-state index is 0.00723. The molecule has 1 spiro atoms. The van der Waals surface area contributed by atoms with Gasteiger partial charge in [-0.3, -0.25) is 19.6 Å². The Morgan fingerprint density at radius 2 is 1.54 bits per heavy atom. The minimum Gasteiger partial charge on any atom is -0.633 e. The van der Waals surface area contributed by atoms with Crippen molar-refractivity contribution < 1.29 is 54.0 Å². The van der Waals surface area contributed by atoms with Crippen LogP contribution in [0.25, 0.3) is 10.8 Å². The van der Waals surface area contributed by atoms with E-state index < -0.39 is 87.4 Å². The summed E-state index contributed by atoms with van der Waals surface area (Å²) in [6.45, 7) is 16.3. The van der Waals surface area contributed by atoms with E-state index in [1.165, 1.54) is 33.3 Å². The molecule has 9 unspecified atom stereocenters. The van der Waals surface area contributed by atoms with Gasteiger partial charge in [0.2, 0.25) is 0 Å². The van der Waals surface area contributed by atoms with Crippen molar-refractivity contribution in [3.05, 3.63) is 63.2 Å². The quantitative estimate of drug-likeness (QED) is 0.146. The molecule has 0 aromatic heterocycles. The van der Waals surface area contributed by atoms with Crippen LogP contribution in [0, 0.1) is 41.7 Å². The standard InChI is InChI=1S/C44H60N4O11/c1-21(2)20-48(56)17-15-44(16-18-48)46-32-29-30-38(52)27(8)40-31(29)41(54)43(9,59-40)58-19-14-28(57-10)24(5)36(50)26(7)37(51)25(6)35(49)22(3)12-11-13-23(4)42(55)45-34(39(30)53)33(32)47-44/h11-14,19,21-22,24-26,28,35-37,49-53H,15-18,20H2,1-10H3,(H,45,55)/b12-11+,19-14+,23-13-. The van der Waals surface area contributed by atoms with Gasteiger partial charge in [0.15, 0.2) is 11.4 Å². The Hall–Kier alpha value is -4.38. The summed E-state index contributed by atoms with van der Waals surface area (Å²) in [7, 11) is 1.45. The molecule has 2 aromatic rings. The number of amides is 1. The van der Waals surface area contributed by atoms with E-state index in [4.69, 9.17) is 24.2 Å². The topological polar surface area (TPSA) is 223 Å². The van der Waals surface area contributed by atoms with Gasteiger partial charge in [-0.1, -0.05) is 59.8 Å². The van der Waals surface area contributed by atoms with Crippen molar-refractivity contribution in [1.82, 2.24) is 0 Å². The van der Waals surface area contributed by atoms with Crippen molar-refractivity contribution >= 4 is 28.2 Å². The van der Waals surface area contributed by atoms with Gasteiger partial charge in [0, 0.05) is 73.0 Å². The highest BCUT2D eigenvalue weighted by atomic mass is 16.7. The number of ketones is 1. The molecule has 4 aliphatic rings. The molecule has 0 radical (unpaired) electrons. The van der Waals surface area contributed by atoms with E-state index in [9.17, 15) is 40.3 Å². The van der Waals surface area contributed by atoms with Crippen molar-refractivity contribution in [1.29, 1.82) is 0 Å². The lowest BCUT2D eigenvalue weighted by Gasteiger charge is -2.49. The maximum Gasteiger partial charge on any atom is 0.312 e. The van der Waals surface area contributed by atoms with Gasteiger partial charge < -0.3 is 54.9 Å². The van der Waals surface area contributed by atoms with Gasteiger partial charge in [0.1, 0.15) is 22.5 Å². The van der Waals surface area contributed by atoms with E-state index in [0.717, 1.165) is 0 Å². The normalized spacial score (nSPS) is 37.3. The number of piperidine rings is 1. The number of allylic oxidation sites excluding steroid dienone is 2. The van der Waals surface area contributed by atoms with Crippen molar-refractivity contribution in [2.75, 3.05) is 32.1 Å².